The highest BCUT2D eigenvalue weighted by atomic mass is 16.4. The summed E-state index contributed by atoms with van der Waals surface area (Å²) in [7, 11) is 0. The maximum atomic E-state index is 10.8. The average molecular weight is 207 g/mol. The van der Waals surface area contributed by atoms with E-state index in [1.807, 2.05) is 0 Å². The van der Waals surface area contributed by atoms with E-state index in [0.717, 1.165) is 6.08 Å². The number of carboxylic acids is 1. The van der Waals surface area contributed by atoms with Gasteiger partial charge in [-0.3, -0.25) is 4.79 Å². The fourth-order valence-corrected chi connectivity index (χ4v) is 1.02. The topological polar surface area (TPSA) is 101 Å². The maximum Gasteiger partial charge on any atom is 0.328 e. The van der Waals surface area contributed by atoms with Crippen molar-refractivity contribution in [1.82, 2.24) is 0 Å². The van der Waals surface area contributed by atoms with Crippen LogP contribution >= 0.6 is 0 Å². The Morgan fingerprint density at radius 2 is 2.00 bits per heavy atom. The van der Waals surface area contributed by atoms with Crippen LogP contribution in [0, 0.1) is 0 Å². The third-order valence-electron chi connectivity index (χ3n) is 1.70. The van der Waals surface area contributed by atoms with Crippen molar-refractivity contribution in [2.45, 2.75) is 0 Å². The number of nitrogens with two attached hydrogens (primary N) is 1. The number of hydrogen-bond donors (Lipinski definition) is 3. The van der Waals surface area contributed by atoms with Crippen molar-refractivity contribution in [1.29, 1.82) is 0 Å². The fourth-order valence-electron chi connectivity index (χ4n) is 1.02. The lowest BCUT2D eigenvalue weighted by atomic mass is 10.1. The number of rotatable bonds is 3. The molecule has 1 aromatic carbocycles. The summed E-state index contributed by atoms with van der Waals surface area (Å²) in [6.07, 6.45) is 2.23. The number of aliphatic carboxylic acids is 1. The Balaban J connectivity index is 3.08. The minimum absolute atomic E-state index is 0.0393. The van der Waals surface area contributed by atoms with Crippen LogP contribution in [0.25, 0.3) is 6.08 Å². The molecule has 1 amide bonds. The first-order valence-corrected chi connectivity index (χ1v) is 4.04. The van der Waals surface area contributed by atoms with E-state index in [0.29, 0.717) is 5.56 Å². The predicted molar refractivity (Wildman–Crippen MR) is 53.3 cm³/mol. The Labute approximate surface area is 85.5 Å². The molecule has 5 nitrogen and oxygen atoms in total. The van der Waals surface area contributed by atoms with Gasteiger partial charge in [-0.25, -0.2) is 4.79 Å². The number of primary amides is 1. The molecule has 4 N–H and O–H groups in total. The van der Waals surface area contributed by atoms with E-state index >= 15 is 0 Å². The molecule has 0 atom stereocenters. The lowest BCUT2D eigenvalue weighted by molar-refractivity contribution is -0.131. The van der Waals surface area contributed by atoms with Crippen LogP contribution in [0.3, 0.4) is 0 Å². The molecule has 0 unspecified atom stereocenters. The Bertz CT molecular complexity index is 437. The zero-order valence-corrected chi connectivity index (χ0v) is 7.68. The van der Waals surface area contributed by atoms with Crippen molar-refractivity contribution >= 4 is 18.0 Å². The van der Waals surface area contributed by atoms with Crippen molar-refractivity contribution < 1.29 is 19.8 Å². The molecule has 0 spiro atoms. The van der Waals surface area contributed by atoms with Gasteiger partial charge in [-0.2, -0.15) is 0 Å². The van der Waals surface area contributed by atoms with Gasteiger partial charge in [-0.05, 0) is 23.8 Å². The highest BCUT2D eigenvalue weighted by Gasteiger charge is 2.06. The van der Waals surface area contributed by atoms with Crippen LogP contribution in [0.4, 0.5) is 0 Å². The Hall–Kier alpha value is -2.30. The lowest BCUT2D eigenvalue weighted by Gasteiger charge is -2.00. The van der Waals surface area contributed by atoms with Gasteiger partial charge in [0.1, 0.15) is 5.75 Å². The first kappa shape index (κ1) is 10.8. The average Bonchev–Trinajstić information content (AvgIpc) is 2.16. The molecule has 0 saturated carbocycles. The van der Waals surface area contributed by atoms with Gasteiger partial charge in [0.25, 0.3) is 5.91 Å². The molecular weight excluding hydrogens is 198 g/mol. The summed E-state index contributed by atoms with van der Waals surface area (Å²) in [6, 6.07) is 4.07. The van der Waals surface area contributed by atoms with E-state index in [2.05, 4.69) is 0 Å². The summed E-state index contributed by atoms with van der Waals surface area (Å²) in [5.41, 5.74) is 5.44. The zero-order chi connectivity index (χ0) is 11.4. The van der Waals surface area contributed by atoms with Crippen LogP contribution in [0.5, 0.6) is 5.75 Å². The third kappa shape index (κ3) is 2.84. The molecular formula is C10H9NO4. The molecule has 0 saturated heterocycles. The van der Waals surface area contributed by atoms with Gasteiger partial charge in [0.05, 0.1) is 5.56 Å². The smallest absolute Gasteiger partial charge is 0.328 e. The van der Waals surface area contributed by atoms with Crippen molar-refractivity contribution in [3.05, 3.63) is 35.4 Å². The molecule has 78 valence electrons. The number of amides is 1. The largest absolute Gasteiger partial charge is 0.507 e. The van der Waals surface area contributed by atoms with E-state index in [1.165, 1.54) is 24.3 Å². The molecule has 0 radical (unpaired) electrons. The summed E-state index contributed by atoms with van der Waals surface area (Å²) in [5, 5.41) is 17.6. The van der Waals surface area contributed by atoms with Crippen molar-refractivity contribution in [3.8, 4) is 5.75 Å². The second-order valence-corrected chi connectivity index (χ2v) is 2.81. The minimum Gasteiger partial charge on any atom is -0.507 e. The number of carbonyl (C=O) groups excluding carboxylic acids is 1. The number of carbonyl (C=O) groups is 2. The molecule has 0 aromatic heterocycles. The van der Waals surface area contributed by atoms with Crippen molar-refractivity contribution in [3.63, 3.8) is 0 Å². The highest BCUT2D eigenvalue weighted by Crippen LogP contribution is 2.18. The van der Waals surface area contributed by atoms with E-state index in [9.17, 15) is 14.7 Å². The number of phenols is 1. The standard InChI is InChI=1S/C10H9NO4/c11-10(15)7-5-6(1-3-8(7)12)2-4-9(13)14/h1-5,12H,(H2,11,15)(H,13,14)/b4-2+. The molecule has 0 bridgehead atoms. The van der Waals surface area contributed by atoms with Crippen molar-refractivity contribution in [2.24, 2.45) is 5.73 Å². The first-order chi connectivity index (χ1) is 7.00. The highest BCUT2D eigenvalue weighted by molar-refractivity contribution is 5.96. The van der Waals surface area contributed by atoms with E-state index < -0.39 is 11.9 Å². The zero-order valence-electron chi connectivity index (χ0n) is 7.68. The van der Waals surface area contributed by atoms with E-state index in [1.54, 1.807) is 0 Å². The van der Waals surface area contributed by atoms with Gasteiger partial charge >= 0.3 is 5.97 Å². The Kier molecular flexibility index (Phi) is 3.07. The maximum absolute atomic E-state index is 10.8. The number of benzene rings is 1. The quantitative estimate of drug-likeness (QED) is 0.631. The van der Waals surface area contributed by atoms with Gasteiger partial charge in [-0.15, -0.1) is 0 Å². The second-order valence-electron chi connectivity index (χ2n) is 2.81. The van der Waals surface area contributed by atoms with Crippen LogP contribution in [0.1, 0.15) is 15.9 Å². The van der Waals surface area contributed by atoms with Gasteiger partial charge < -0.3 is 15.9 Å². The lowest BCUT2D eigenvalue weighted by Crippen LogP contribution is -2.11. The Morgan fingerprint density at radius 1 is 1.33 bits per heavy atom. The minimum atomic E-state index is -1.09. The van der Waals surface area contributed by atoms with Crippen LogP contribution in [0.15, 0.2) is 24.3 Å². The molecule has 5 heteroatoms. The summed E-state index contributed by atoms with van der Waals surface area (Å²) in [4.78, 5) is 21.1. The van der Waals surface area contributed by atoms with Gasteiger partial charge in [-0.1, -0.05) is 6.07 Å². The second kappa shape index (κ2) is 4.28. The fraction of sp³-hybridized carbons (Fsp3) is 0. The molecule has 15 heavy (non-hydrogen) atoms. The molecule has 0 heterocycles. The van der Waals surface area contributed by atoms with Crippen LogP contribution in [-0.4, -0.2) is 22.1 Å². The van der Waals surface area contributed by atoms with Gasteiger partial charge in [0.15, 0.2) is 0 Å². The van der Waals surface area contributed by atoms with Crippen LogP contribution in [-0.2, 0) is 4.79 Å². The SMILES string of the molecule is NC(=O)c1cc(/C=C/C(=O)O)ccc1O. The Morgan fingerprint density at radius 3 is 2.53 bits per heavy atom. The van der Waals surface area contributed by atoms with Crippen molar-refractivity contribution in [2.75, 3.05) is 0 Å². The first-order valence-electron chi connectivity index (χ1n) is 4.04. The summed E-state index contributed by atoms with van der Waals surface area (Å²) in [6.45, 7) is 0. The molecule has 0 aliphatic carbocycles. The summed E-state index contributed by atoms with van der Waals surface area (Å²) >= 11 is 0. The van der Waals surface area contributed by atoms with Gasteiger partial charge in [0.2, 0.25) is 0 Å². The third-order valence-corrected chi connectivity index (χ3v) is 1.70. The number of hydrogen-bond acceptors (Lipinski definition) is 3. The summed E-state index contributed by atoms with van der Waals surface area (Å²) in [5.74, 6) is -2.09. The number of carboxylic acid groups (broad SMARTS) is 1. The van der Waals surface area contributed by atoms with E-state index in [4.69, 9.17) is 10.8 Å². The van der Waals surface area contributed by atoms with Crippen LogP contribution in [0.2, 0.25) is 0 Å². The number of aromatic hydroxyl groups is 1. The molecule has 0 fully saturated rings. The molecule has 0 aliphatic rings. The van der Waals surface area contributed by atoms with Gasteiger partial charge in [0, 0.05) is 6.08 Å². The predicted octanol–water partition coefficient (Wildman–Crippen LogP) is 0.589. The monoisotopic (exact) mass is 207 g/mol. The van der Waals surface area contributed by atoms with E-state index in [-0.39, 0.29) is 11.3 Å². The molecule has 1 rings (SSSR count). The summed E-state index contributed by atoms with van der Waals surface area (Å²) < 4.78 is 0. The van der Waals surface area contributed by atoms with Crippen LogP contribution < -0.4 is 5.73 Å². The molecule has 0 aliphatic heterocycles. The normalized spacial score (nSPS) is 10.4. The molecule has 1 aromatic rings.